The standard InChI is InChI=1S/C17H26N6O3S/c1-3-5-6-18-14-13-15(20-17(19-14)27-7-4-2)23(22-21-13)10-8-11(16(25)26)12(24)9-10/h10-12,24H,3-9H2,1-2H3,(H,25,26)(H,18,19,20)/t10-,11+,12+/m1/s1. The molecule has 148 valence electrons. The molecular formula is C17H26N6O3S. The molecule has 3 N–H and O–H groups in total. The van der Waals surface area contributed by atoms with Crippen molar-refractivity contribution in [3.05, 3.63) is 0 Å². The van der Waals surface area contributed by atoms with Crippen LogP contribution < -0.4 is 5.32 Å². The van der Waals surface area contributed by atoms with Crippen molar-refractivity contribution in [2.24, 2.45) is 5.92 Å². The van der Waals surface area contributed by atoms with Crippen LogP contribution in [0.5, 0.6) is 0 Å². The van der Waals surface area contributed by atoms with Crippen LogP contribution in [0.25, 0.3) is 11.2 Å². The Morgan fingerprint density at radius 2 is 2.11 bits per heavy atom. The van der Waals surface area contributed by atoms with E-state index in [9.17, 15) is 15.0 Å². The number of aliphatic hydroxyl groups is 1. The zero-order valence-corrected chi connectivity index (χ0v) is 16.4. The van der Waals surface area contributed by atoms with E-state index in [1.165, 1.54) is 0 Å². The van der Waals surface area contributed by atoms with Crippen LogP contribution in [0.2, 0.25) is 0 Å². The number of thioether (sulfide) groups is 1. The van der Waals surface area contributed by atoms with Crippen LogP contribution in [0.15, 0.2) is 5.16 Å². The van der Waals surface area contributed by atoms with Crippen molar-refractivity contribution < 1.29 is 15.0 Å². The summed E-state index contributed by atoms with van der Waals surface area (Å²) in [5, 5.41) is 31.8. The summed E-state index contributed by atoms with van der Waals surface area (Å²) in [6.45, 7) is 5.01. The van der Waals surface area contributed by atoms with E-state index in [0.717, 1.165) is 31.6 Å². The van der Waals surface area contributed by atoms with Crippen molar-refractivity contribution in [1.82, 2.24) is 25.0 Å². The first-order valence-corrected chi connectivity index (χ1v) is 10.4. The summed E-state index contributed by atoms with van der Waals surface area (Å²) in [6, 6.07) is -0.242. The van der Waals surface area contributed by atoms with Crippen LogP contribution in [-0.4, -0.2) is 59.5 Å². The van der Waals surface area contributed by atoms with E-state index in [4.69, 9.17) is 0 Å². The van der Waals surface area contributed by atoms with Crippen molar-refractivity contribution in [2.75, 3.05) is 17.6 Å². The van der Waals surface area contributed by atoms with Crippen LogP contribution in [0, 0.1) is 5.92 Å². The predicted molar refractivity (Wildman–Crippen MR) is 103 cm³/mol. The molecule has 0 amide bonds. The number of rotatable bonds is 9. The minimum Gasteiger partial charge on any atom is -0.481 e. The van der Waals surface area contributed by atoms with Crippen LogP contribution in [0.3, 0.4) is 0 Å². The normalized spacial score (nSPS) is 22.4. The van der Waals surface area contributed by atoms with E-state index in [1.54, 1.807) is 16.4 Å². The molecule has 1 fully saturated rings. The molecule has 3 atom stereocenters. The highest BCUT2D eigenvalue weighted by Crippen LogP contribution is 2.36. The third-order valence-electron chi connectivity index (χ3n) is 4.73. The number of aliphatic carboxylic acids is 1. The first-order valence-electron chi connectivity index (χ1n) is 9.45. The largest absolute Gasteiger partial charge is 0.481 e. The molecule has 0 bridgehead atoms. The fraction of sp³-hybridized carbons (Fsp3) is 0.706. The quantitative estimate of drug-likeness (QED) is 0.334. The van der Waals surface area contributed by atoms with Gasteiger partial charge in [-0.25, -0.2) is 14.6 Å². The van der Waals surface area contributed by atoms with Gasteiger partial charge in [-0.3, -0.25) is 4.79 Å². The number of nitrogens with one attached hydrogen (secondary N) is 1. The minimum absolute atomic E-state index is 0.242. The van der Waals surface area contributed by atoms with Gasteiger partial charge in [0.25, 0.3) is 0 Å². The molecule has 2 aromatic heterocycles. The Kier molecular flexibility index (Phi) is 6.48. The molecule has 1 saturated carbocycles. The maximum Gasteiger partial charge on any atom is 0.309 e. The number of aromatic nitrogens is 5. The zero-order valence-electron chi connectivity index (χ0n) is 15.6. The monoisotopic (exact) mass is 394 g/mol. The molecule has 0 spiro atoms. The summed E-state index contributed by atoms with van der Waals surface area (Å²) in [5.41, 5.74) is 1.17. The van der Waals surface area contributed by atoms with Crippen LogP contribution in [0.4, 0.5) is 5.82 Å². The number of carboxylic acid groups (broad SMARTS) is 1. The Hall–Kier alpha value is -1.94. The second kappa shape index (κ2) is 8.83. The Balaban J connectivity index is 1.94. The maximum atomic E-state index is 11.3. The van der Waals surface area contributed by atoms with E-state index >= 15 is 0 Å². The number of hydrogen-bond acceptors (Lipinski definition) is 8. The van der Waals surface area contributed by atoms with Gasteiger partial charge in [0.1, 0.15) is 0 Å². The number of nitrogens with zero attached hydrogens (tertiary/aromatic N) is 5. The van der Waals surface area contributed by atoms with E-state index in [1.807, 2.05) is 0 Å². The highest BCUT2D eigenvalue weighted by atomic mass is 32.2. The molecule has 3 rings (SSSR count). The molecule has 0 unspecified atom stereocenters. The smallest absolute Gasteiger partial charge is 0.309 e. The molecule has 0 aliphatic heterocycles. The van der Waals surface area contributed by atoms with Gasteiger partial charge in [-0.05, 0) is 25.7 Å². The second-order valence-electron chi connectivity index (χ2n) is 6.83. The highest BCUT2D eigenvalue weighted by Gasteiger charge is 2.40. The summed E-state index contributed by atoms with van der Waals surface area (Å²) in [4.78, 5) is 20.5. The van der Waals surface area contributed by atoms with Gasteiger partial charge in [-0.15, -0.1) is 5.10 Å². The van der Waals surface area contributed by atoms with E-state index in [0.29, 0.717) is 35.0 Å². The lowest BCUT2D eigenvalue weighted by molar-refractivity contribution is -0.144. The SMILES string of the molecule is CCCCNc1nc(SCCC)nc2c1nnn2[C@@H]1C[C@H](C(=O)O)[C@@H](O)C1. The molecule has 0 aromatic carbocycles. The average Bonchev–Trinajstić information content (AvgIpc) is 3.23. The van der Waals surface area contributed by atoms with Gasteiger partial charge in [-0.2, -0.15) is 0 Å². The van der Waals surface area contributed by atoms with Crippen LogP contribution in [-0.2, 0) is 4.79 Å². The fourth-order valence-corrected chi connectivity index (χ4v) is 3.97. The van der Waals surface area contributed by atoms with Gasteiger partial charge in [0.2, 0.25) is 0 Å². The molecule has 1 aliphatic rings. The third kappa shape index (κ3) is 4.32. The number of hydrogen-bond donors (Lipinski definition) is 3. The van der Waals surface area contributed by atoms with Crippen molar-refractivity contribution in [2.45, 2.75) is 63.3 Å². The number of anilines is 1. The van der Waals surface area contributed by atoms with E-state index < -0.39 is 18.0 Å². The lowest BCUT2D eigenvalue weighted by Gasteiger charge is -2.11. The average molecular weight is 395 g/mol. The Morgan fingerprint density at radius 3 is 2.78 bits per heavy atom. The highest BCUT2D eigenvalue weighted by molar-refractivity contribution is 7.99. The summed E-state index contributed by atoms with van der Waals surface area (Å²) in [5.74, 6) is -0.200. The maximum absolute atomic E-state index is 11.3. The lowest BCUT2D eigenvalue weighted by atomic mass is 10.1. The molecule has 1 aliphatic carbocycles. The Labute approximate surface area is 162 Å². The van der Waals surface area contributed by atoms with Crippen LogP contribution >= 0.6 is 11.8 Å². The summed E-state index contributed by atoms with van der Waals surface area (Å²) >= 11 is 1.57. The number of unbranched alkanes of at least 4 members (excludes halogenated alkanes) is 1. The molecule has 0 radical (unpaired) electrons. The topological polar surface area (TPSA) is 126 Å². The summed E-state index contributed by atoms with van der Waals surface area (Å²) in [6.07, 6.45) is 2.86. The Morgan fingerprint density at radius 1 is 1.30 bits per heavy atom. The molecule has 2 heterocycles. The van der Waals surface area contributed by atoms with E-state index in [-0.39, 0.29) is 6.04 Å². The van der Waals surface area contributed by atoms with Gasteiger partial charge < -0.3 is 15.5 Å². The first-order chi connectivity index (χ1) is 13.0. The third-order valence-corrected chi connectivity index (χ3v) is 5.78. The van der Waals surface area contributed by atoms with Gasteiger partial charge >= 0.3 is 5.97 Å². The lowest BCUT2D eigenvalue weighted by Crippen LogP contribution is -2.21. The van der Waals surface area contributed by atoms with Gasteiger partial charge in [-0.1, -0.05) is 37.2 Å². The minimum atomic E-state index is -0.981. The molecule has 0 saturated heterocycles. The number of carbonyl (C=O) groups is 1. The fourth-order valence-electron chi connectivity index (χ4n) is 3.28. The Bertz CT molecular complexity index is 798. The van der Waals surface area contributed by atoms with Gasteiger partial charge in [0.15, 0.2) is 22.1 Å². The van der Waals surface area contributed by atoms with Crippen molar-refractivity contribution in [3.8, 4) is 0 Å². The first kappa shape index (κ1) is 19.8. The van der Waals surface area contributed by atoms with Crippen LogP contribution in [0.1, 0.15) is 52.0 Å². The number of aliphatic hydroxyl groups excluding tert-OH is 1. The van der Waals surface area contributed by atoms with Gasteiger partial charge in [0.05, 0.1) is 18.1 Å². The molecule has 9 nitrogen and oxygen atoms in total. The van der Waals surface area contributed by atoms with Gasteiger partial charge in [0, 0.05) is 12.3 Å². The van der Waals surface area contributed by atoms with E-state index in [2.05, 4.69) is 39.4 Å². The predicted octanol–water partition coefficient (Wildman–Crippen LogP) is 2.33. The molecule has 2 aromatic rings. The summed E-state index contributed by atoms with van der Waals surface area (Å²) in [7, 11) is 0. The van der Waals surface area contributed by atoms with Crippen molar-refractivity contribution in [3.63, 3.8) is 0 Å². The molecular weight excluding hydrogens is 368 g/mol. The zero-order chi connectivity index (χ0) is 19.4. The van der Waals surface area contributed by atoms with Crippen molar-refractivity contribution in [1.29, 1.82) is 0 Å². The number of fused-ring (bicyclic) bond motifs is 1. The second-order valence-corrected chi connectivity index (χ2v) is 7.89. The number of carboxylic acids is 1. The molecule has 27 heavy (non-hydrogen) atoms. The molecule has 10 heteroatoms. The van der Waals surface area contributed by atoms with Crippen molar-refractivity contribution >= 4 is 34.7 Å². The summed E-state index contributed by atoms with van der Waals surface area (Å²) < 4.78 is 1.66.